The quantitative estimate of drug-likeness (QED) is 0.824. The van der Waals surface area contributed by atoms with E-state index in [4.69, 9.17) is 0 Å². The highest BCUT2D eigenvalue weighted by molar-refractivity contribution is 8.00. The maximum Gasteiger partial charge on any atom is 0.230 e. The Kier molecular flexibility index (Phi) is 5.41. The summed E-state index contributed by atoms with van der Waals surface area (Å²) in [6.07, 6.45) is 0.849. The molecular formula is C12H15F2NOS. The monoisotopic (exact) mass is 259 g/mol. The van der Waals surface area contributed by atoms with Crippen molar-refractivity contribution >= 4 is 17.7 Å². The molecule has 1 amide bonds. The third kappa shape index (κ3) is 4.73. The summed E-state index contributed by atoms with van der Waals surface area (Å²) in [6, 6.07) is 3.44. The lowest BCUT2D eigenvalue weighted by Crippen LogP contribution is -2.33. The summed E-state index contributed by atoms with van der Waals surface area (Å²) in [6.45, 7) is 3.87. The number of rotatable bonds is 5. The molecule has 1 aromatic carbocycles. The molecule has 1 unspecified atom stereocenters. The van der Waals surface area contributed by atoms with Crippen LogP contribution in [0.15, 0.2) is 23.1 Å². The van der Waals surface area contributed by atoms with E-state index in [0.717, 1.165) is 24.2 Å². The molecule has 1 aromatic rings. The Morgan fingerprint density at radius 2 is 2.18 bits per heavy atom. The second-order valence-electron chi connectivity index (χ2n) is 3.74. The van der Waals surface area contributed by atoms with Crippen molar-refractivity contribution in [1.29, 1.82) is 0 Å². The van der Waals surface area contributed by atoms with Gasteiger partial charge in [-0.3, -0.25) is 4.79 Å². The Hall–Kier alpha value is -1.10. The zero-order chi connectivity index (χ0) is 12.8. The van der Waals surface area contributed by atoms with Gasteiger partial charge in [0.05, 0.1) is 5.75 Å². The molecule has 0 aromatic heterocycles. The van der Waals surface area contributed by atoms with E-state index in [1.54, 1.807) is 0 Å². The van der Waals surface area contributed by atoms with Gasteiger partial charge in [-0.2, -0.15) is 0 Å². The van der Waals surface area contributed by atoms with Crippen molar-refractivity contribution < 1.29 is 13.6 Å². The molecule has 0 saturated carbocycles. The van der Waals surface area contributed by atoms with Crippen LogP contribution in [0.4, 0.5) is 8.78 Å². The number of carbonyl (C=O) groups excluding carboxylic acids is 1. The summed E-state index contributed by atoms with van der Waals surface area (Å²) in [7, 11) is 0. The molecule has 17 heavy (non-hydrogen) atoms. The van der Waals surface area contributed by atoms with Gasteiger partial charge in [-0.05, 0) is 25.5 Å². The van der Waals surface area contributed by atoms with Gasteiger partial charge in [-0.25, -0.2) is 8.78 Å². The number of halogens is 2. The van der Waals surface area contributed by atoms with Crippen molar-refractivity contribution in [3.05, 3.63) is 29.8 Å². The summed E-state index contributed by atoms with van der Waals surface area (Å²) in [4.78, 5) is 11.7. The molecule has 0 heterocycles. The average Bonchev–Trinajstić information content (AvgIpc) is 2.27. The van der Waals surface area contributed by atoms with Gasteiger partial charge >= 0.3 is 0 Å². The van der Waals surface area contributed by atoms with Crippen molar-refractivity contribution in [1.82, 2.24) is 5.32 Å². The first-order valence-corrected chi connectivity index (χ1v) is 6.38. The first kappa shape index (κ1) is 14.0. The summed E-state index contributed by atoms with van der Waals surface area (Å²) < 4.78 is 25.9. The van der Waals surface area contributed by atoms with Crippen LogP contribution in [0.1, 0.15) is 20.3 Å². The van der Waals surface area contributed by atoms with E-state index >= 15 is 0 Å². The molecule has 2 nitrogen and oxygen atoms in total. The van der Waals surface area contributed by atoms with E-state index in [-0.39, 0.29) is 22.6 Å². The predicted octanol–water partition coefficient (Wildman–Crippen LogP) is 2.97. The van der Waals surface area contributed by atoms with Crippen molar-refractivity contribution in [3.63, 3.8) is 0 Å². The summed E-state index contributed by atoms with van der Waals surface area (Å²) in [5, 5.41) is 2.77. The van der Waals surface area contributed by atoms with Crippen LogP contribution in [-0.4, -0.2) is 17.7 Å². The van der Waals surface area contributed by atoms with Gasteiger partial charge in [-0.1, -0.05) is 6.92 Å². The minimum absolute atomic E-state index is 0.112. The number of hydrogen-bond acceptors (Lipinski definition) is 2. The number of carbonyl (C=O) groups is 1. The molecule has 0 spiro atoms. The van der Waals surface area contributed by atoms with E-state index in [2.05, 4.69) is 5.32 Å². The summed E-state index contributed by atoms with van der Waals surface area (Å²) >= 11 is 1.06. The van der Waals surface area contributed by atoms with Crippen LogP contribution < -0.4 is 5.32 Å². The lowest BCUT2D eigenvalue weighted by molar-refractivity contribution is -0.119. The highest BCUT2D eigenvalue weighted by atomic mass is 32.2. The fourth-order valence-corrected chi connectivity index (χ4v) is 1.89. The third-order valence-corrected chi connectivity index (χ3v) is 3.32. The highest BCUT2D eigenvalue weighted by Crippen LogP contribution is 2.21. The molecule has 94 valence electrons. The van der Waals surface area contributed by atoms with E-state index in [9.17, 15) is 13.6 Å². The Labute approximate surface area is 104 Å². The van der Waals surface area contributed by atoms with Crippen LogP contribution in [0.2, 0.25) is 0 Å². The van der Waals surface area contributed by atoms with Gasteiger partial charge in [0.15, 0.2) is 0 Å². The van der Waals surface area contributed by atoms with Gasteiger partial charge in [0.1, 0.15) is 11.6 Å². The maximum atomic E-state index is 13.2. The number of thioether (sulfide) groups is 1. The molecule has 0 aliphatic heterocycles. The fourth-order valence-electron chi connectivity index (χ4n) is 1.15. The van der Waals surface area contributed by atoms with Crippen LogP contribution in [0.3, 0.4) is 0 Å². The Bertz CT molecular complexity index is 398. The van der Waals surface area contributed by atoms with Crippen LogP contribution in [0.25, 0.3) is 0 Å². The molecular weight excluding hydrogens is 244 g/mol. The molecule has 5 heteroatoms. The Morgan fingerprint density at radius 3 is 2.76 bits per heavy atom. The molecule has 1 atom stereocenters. The molecule has 0 radical (unpaired) electrons. The molecule has 1 rings (SSSR count). The summed E-state index contributed by atoms with van der Waals surface area (Å²) in [5.74, 6) is -1.26. The maximum absolute atomic E-state index is 13.2. The van der Waals surface area contributed by atoms with Crippen LogP contribution in [-0.2, 0) is 4.79 Å². The van der Waals surface area contributed by atoms with Crippen LogP contribution in [0, 0.1) is 11.6 Å². The minimum atomic E-state index is -0.633. The smallest absolute Gasteiger partial charge is 0.230 e. The number of hydrogen-bond donors (Lipinski definition) is 1. The number of amides is 1. The minimum Gasteiger partial charge on any atom is -0.353 e. The first-order valence-electron chi connectivity index (χ1n) is 5.40. The van der Waals surface area contributed by atoms with Gasteiger partial charge in [0.2, 0.25) is 5.91 Å². The normalized spacial score (nSPS) is 12.2. The molecule has 0 aliphatic carbocycles. The first-order chi connectivity index (χ1) is 8.02. The fraction of sp³-hybridized carbons (Fsp3) is 0.417. The lowest BCUT2D eigenvalue weighted by atomic mass is 10.3. The van der Waals surface area contributed by atoms with Gasteiger partial charge in [-0.15, -0.1) is 11.8 Å². The van der Waals surface area contributed by atoms with Crippen molar-refractivity contribution in [2.75, 3.05) is 5.75 Å². The number of benzene rings is 1. The third-order valence-electron chi connectivity index (χ3n) is 2.27. The standard InChI is InChI=1S/C12H15F2NOS/c1-3-8(2)15-12(16)7-17-11-5-4-9(13)6-10(11)14/h4-6,8H,3,7H2,1-2H3,(H,15,16). The van der Waals surface area contributed by atoms with E-state index < -0.39 is 11.6 Å². The topological polar surface area (TPSA) is 29.1 Å². The Morgan fingerprint density at radius 1 is 1.47 bits per heavy atom. The van der Waals surface area contributed by atoms with E-state index in [1.165, 1.54) is 12.1 Å². The second-order valence-corrected chi connectivity index (χ2v) is 4.76. The highest BCUT2D eigenvalue weighted by Gasteiger charge is 2.09. The van der Waals surface area contributed by atoms with Crippen LogP contribution >= 0.6 is 11.8 Å². The second kappa shape index (κ2) is 6.59. The number of nitrogens with one attached hydrogen (secondary N) is 1. The van der Waals surface area contributed by atoms with Crippen molar-refractivity contribution in [3.8, 4) is 0 Å². The SMILES string of the molecule is CCC(C)NC(=O)CSc1ccc(F)cc1F. The van der Waals surface area contributed by atoms with Crippen molar-refractivity contribution in [2.45, 2.75) is 31.2 Å². The molecule has 0 aliphatic rings. The molecule has 0 fully saturated rings. The van der Waals surface area contributed by atoms with E-state index in [0.29, 0.717) is 0 Å². The van der Waals surface area contributed by atoms with Gasteiger partial charge in [0.25, 0.3) is 0 Å². The molecule has 0 bridgehead atoms. The Balaban J connectivity index is 2.47. The van der Waals surface area contributed by atoms with Crippen LogP contribution in [0.5, 0.6) is 0 Å². The lowest BCUT2D eigenvalue weighted by Gasteiger charge is -2.11. The van der Waals surface area contributed by atoms with E-state index in [1.807, 2.05) is 13.8 Å². The predicted molar refractivity (Wildman–Crippen MR) is 65.0 cm³/mol. The zero-order valence-electron chi connectivity index (χ0n) is 9.80. The van der Waals surface area contributed by atoms with Gasteiger partial charge < -0.3 is 5.32 Å². The van der Waals surface area contributed by atoms with Gasteiger partial charge in [0, 0.05) is 17.0 Å². The summed E-state index contributed by atoms with van der Waals surface area (Å²) in [5.41, 5.74) is 0. The zero-order valence-corrected chi connectivity index (χ0v) is 10.6. The average molecular weight is 259 g/mol. The largest absolute Gasteiger partial charge is 0.353 e. The molecule has 0 saturated heterocycles. The molecule has 1 N–H and O–H groups in total. The van der Waals surface area contributed by atoms with Crippen molar-refractivity contribution in [2.24, 2.45) is 0 Å².